The maximum Gasteiger partial charge on any atom is 0.220 e. The molecule has 3 N–H and O–H groups in total. The van der Waals surface area contributed by atoms with Crippen LogP contribution >= 0.6 is 12.2 Å². The number of amides is 1. The number of aryl methyl sites for hydroxylation is 2. The third kappa shape index (κ3) is 4.93. The molecular formula is C18H27N3OS. The van der Waals surface area contributed by atoms with Gasteiger partial charge in [0.05, 0.1) is 0 Å². The number of nitrogens with one attached hydrogen (secondary N) is 1. The van der Waals surface area contributed by atoms with Crippen molar-refractivity contribution in [2.24, 2.45) is 11.7 Å². The van der Waals surface area contributed by atoms with Crippen molar-refractivity contribution in [3.05, 3.63) is 29.3 Å². The van der Waals surface area contributed by atoms with Crippen molar-refractivity contribution in [2.75, 3.05) is 18.4 Å². The average Bonchev–Trinajstić information content (AvgIpc) is 2.55. The van der Waals surface area contributed by atoms with Crippen LogP contribution in [0.4, 0.5) is 5.69 Å². The van der Waals surface area contributed by atoms with Crippen molar-refractivity contribution >= 4 is 28.9 Å². The Morgan fingerprint density at radius 1 is 1.39 bits per heavy atom. The zero-order chi connectivity index (χ0) is 16.8. The molecule has 1 aromatic rings. The topological polar surface area (TPSA) is 58.4 Å². The molecule has 1 aromatic carbocycles. The molecule has 0 spiro atoms. The zero-order valence-corrected chi connectivity index (χ0v) is 14.9. The Kier molecular flexibility index (Phi) is 6.39. The van der Waals surface area contributed by atoms with Crippen molar-refractivity contribution in [1.29, 1.82) is 0 Å². The summed E-state index contributed by atoms with van der Waals surface area (Å²) < 4.78 is 0. The van der Waals surface area contributed by atoms with Crippen molar-refractivity contribution in [3.63, 3.8) is 0 Å². The van der Waals surface area contributed by atoms with Gasteiger partial charge in [0, 0.05) is 24.7 Å². The van der Waals surface area contributed by atoms with Gasteiger partial charge in [-0.05, 0) is 62.0 Å². The summed E-state index contributed by atoms with van der Waals surface area (Å²) in [6, 6.07) is 6.52. The highest BCUT2D eigenvalue weighted by Gasteiger charge is 2.24. The lowest BCUT2D eigenvalue weighted by atomic mass is 9.96. The summed E-state index contributed by atoms with van der Waals surface area (Å²) >= 11 is 5.52. The third-order valence-electron chi connectivity index (χ3n) is 4.54. The number of hydrogen-bond donors (Lipinski definition) is 2. The molecule has 0 radical (unpaired) electrons. The summed E-state index contributed by atoms with van der Waals surface area (Å²) in [5.74, 6) is -0.198. The fourth-order valence-corrected chi connectivity index (χ4v) is 3.26. The van der Waals surface area contributed by atoms with Crippen molar-refractivity contribution in [2.45, 2.75) is 46.0 Å². The highest BCUT2D eigenvalue weighted by molar-refractivity contribution is 7.80. The van der Waals surface area contributed by atoms with Crippen LogP contribution in [0.5, 0.6) is 0 Å². The van der Waals surface area contributed by atoms with Crippen molar-refractivity contribution in [1.82, 2.24) is 4.90 Å². The second-order valence-corrected chi connectivity index (χ2v) is 6.73. The molecule has 23 heavy (non-hydrogen) atoms. The van der Waals surface area contributed by atoms with E-state index in [9.17, 15) is 4.79 Å². The smallest absolute Gasteiger partial charge is 0.220 e. The Morgan fingerprint density at radius 3 is 2.65 bits per heavy atom. The van der Waals surface area contributed by atoms with Crippen LogP contribution in [0, 0.1) is 12.8 Å². The van der Waals surface area contributed by atoms with Gasteiger partial charge in [-0.25, -0.2) is 0 Å². The number of carbonyl (C=O) groups is 1. The molecule has 5 heteroatoms. The van der Waals surface area contributed by atoms with Crippen LogP contribution < -0.4 is 11.1 Å². The van der Waals surface area contributed by atoms with Gasteiger partial charge >= 0.3 is 0 Å². The predicted molar refractivity (Wildman–Crippen MR) is 99.5 cm³/mol. The number of piperidine rings is 1. The minimum atomic E-state index is -0.193. The molecule has 1 fully saturated rings. The molecule has 0 bridgehead atoms. The molecular weight excluding hydrogens is 306 g/mol. The van der Waals surface area contributed by atoms with Crippen LogP contribution in [0.3, 0.4) is 0 Å². The van der Waals surface area contributed by atoms with E-state index in [2.05, 4.69) is 42.3 Å². The van der Waals surface area contributed by atoms with E-state index in [1.165, 1.54) is 24.0 Å². The van der Waals surface area contributed by atoms with E-state index in [-0.39, 0.29) is 11.8 Å². The van der Waals surface area contributed by atoms with E-state index >= 15 is 0 Å². The number of unbranched alkanes of at least 4 members (excludes halogenated alkanes) is 1. The summed E-state index contributed by atoms with van der Waals surface area (Å²) in [7, 11) is 0. The molecule has 1 aliphatic heterocycles. The molecule has 0 unspecified atom stereocenters. The number of anilines is 1. The molecule has 1 aliphatic rings. The van der Waals surface area contributed by atoms with E-state index in [0.29, 0.717) is 0 Å². The van der Waals surface area contributed by atoms with Gasteiger partial charge in [0.25, 0.3) is 0 Å². The zero-order valence-electron chi connectivity index (χ0n) is 14.1. The van der Waals surface area contributed by atoms with E-state index in [1.807, 2.05) is 0 Å². The second kappa shape index (κ2) is 8.29. The first-order chi connectivity index (χ1) is 11.0. The van der Waals surface area contributed by atoms with Gasteiger partial charge in [0.2, 0.25) is 5.91 Å². The monoisotopic (exact) mass is 333 g/mol. The minimum Gasteiger partial charge on any atom is -0.369 e. The number of hydrogen-bond acceptors (Lipinski definition) is 2. The number of primary amides is 1. The number of nitrogens with zero attached hydrogens (tertiary/aromatic N) is 1. The predicted octanol–water partition coefficient (Wildman–Crippen LogP) is 3.23. The standard InChI is InChI=1S/C18H27N3OS/c1-3-4-5-14-6-7-16(13(2)12-14)20-18(23)21-10-8-15(9-11-21)17(19)22/h6-7,12,15H,3-5,8-11H2,1-2H3,(H2,19,22)(H,20,23). The molecule has 2 rings (SSSR count). The van der Waals surface area contributed by atoms with Gasteiger partial charge < -0.3 is 16.0 Å². The van der Waals surface area contributed by atoms with Gasteiger partial charge in [0.1, 0.15) is 0 Å². The van der Waals surface area contributed by atoms with Crippen LogP contribution in [-0.4, -0.2) is 29.0 Å². The lowest BCUT2D eigenvalue weighted by Crippen LogP contribution is -2.43. The molecule has 0 atom stereocenters. The number of rotatable bonds is 5. The average molecular weight is 334 g/mol. The summed E-state index contributed by atoms with van der Waals surface area (Å²) in [5.41, 5.74) is 9.03. The minimum absolute atomic E-state index is 0.00589. The van der Waals surface area contributed by atoms with Crippen molar-refractivity contribution in [3.8, 4) is 0 Å². The Balaban J connectivity index is 1.91. The maximum absolute atomic E-state index is 11.2. The summed E-state index contributed by atoms with van der Waals surface area (Å²) in [4.78, 5) is 13.4. The largest absolute Gasteiger partial charge is 0.369 e. The first kappa shape index (κ1) is 17.7. The molecule has 1 amide bonds. The van der Waals surface area contributed by atoms with Gasteiger partial charge in [-0.1, -0.05) is 25.5 Å². The van der Waals surface area contributed by atoms with Crippen LogP contribution in [0.1, 0.15) is 43.7 Å². The lowest BCUT2D eigenvalue weighted by molar-refractivity contribution is -0.122. The Hall–Kier alpha value is -1.62. The Morgan fingerprint density at radius 2 is 2.09 bits per heavy atom. The van der Waals surface area contributed by atoms with E-state index < -0.39 is 0 Å². The molecule has 4 nitrogen and oxygen atoms in total. The molecule has 0 saturated carbocycles. The van der Waals surface area contributed by atoms with E-state index in [4.69, 9.17) is 18.0 Å². The van der Waals surface area contributed by atoms with E-state index in [0.717, 1.165) is 43.2 Å². The third-order valence-corrected chi connectivity index (χ3v) is 4.90. The van der Waals surface area contributed by atoms with E-state index in [1.54, 1.807) is 0 Å². The highest BCUT2D eigenvalue weighted by Crippen LogP contribution is 2.21. The number of likely N-dealkylation sites (tertiary alicyclic amines) is 1. The van der Waals surface area contributed by atoms with Gasteiger partial charge in [-0.3, -0.25) is 4.79 Å². The van der Waals surface area contributed by atoms with Crippen LogP contribution in [-0.2, 0) is 11.2 Å². The number of nitrogens with two attached hydrogens (primary N) is 1. The quantitative estimate of drug-likeness (QED) is 0.812. The maximum atomic E-state index is 11.2. The normalized spacial score (nSPS) is 15.5. The Labute approximate surface area is 144 Å². The summed E-state index contributed by atoms with van der Waals surface area (Å²) in [5, 5.41) is 4.08. The molecule has 1 heterocycles. The van der Waals surface area contributed by atoms with Crippen LogP contribution in [0.15, 0.2) is 18.2 Å². The fraction of sp³-hybridized carbons (Fsp3) is 0.556. The van der Waals surface area contributed by atoms with Gasteiger partial charge in [0.15, 0.2) is 5.11 Å². The van der Waals surface area contributed by atoms with Crippen LogP contribution in [0.2, 0.25) is 0 Å². The fourth-order valence-electron chi connectivity index (χ4n) is 2.96. The first-order valence-corrected chi connectivity index (χ1v) is 8.87. The van der Waals surface area contributed by atoms with Crippen LogP contribution in [0.25, 0.3) is 0 Å². The lowest BCUT2D eigenvalue weighted by Gasteiger charge is -2.32. The Bertz CT molecular complexity index is 565. The number of carbonyl (C=O) groups excluding carboxylic acids is 1. The molecule has 1 saturated heterocycles. The molecule has 0 aromatic heterocycles. The van der Waals surface area contributed by atoms with Gasteiger partial charge in [-0.2, -0.15) is 0 Å². The second-order valence-electron chi connectivity index (χ2n) is 6.35. The molecule has 126 valence electrons. The summed E-state index contributed by atoms with van der Waals surface area (Å²) in [6.45, 7) is 5.89. The van der Waals surface area contributed by atoms with Gasteiger partial charge in [-0.15, -0.1) is 0 Å². The SMILES string of the molecule is CCCCc1ccc(NC(=S)N2CCC(C(N)=O)CC2)c(C)c1. The number of thiocarbonyl (C=S) groups is 1. The van der Waals surface area contributed by atoms with Crippen molar-refractivity contribution < 1.29 is 4.79 Å². The first-order valence-electron chi connectivity index (χ1n) is 8.46. The summed E-state index contributed by atoms with van der Waals surface area (Å²) in [6.07, 6.45) is 5.13. The highest BCUT2D eigenvalue weighted by atomic mass is 32.1. The number of benzene rings is 1. The molecule has 0 aliphatic carbocycles.